The van der Waals surface area contributed by atoms with Crippen molar-refractivity contribution in [1.82, 2.24) is 0 Å². The van der Waals surface area contributed by atoms with Crippen LogP contribution in [0.2, 0.25) is 10.6 Å². The van der Waals surface area contributed by atoms with Gasteiger partial charge in [-0.15, -0.1) is 21.8 Å². The number of halogens is 1. The first-order chi connectivity index (χ1) is 4.39. The third-order valence-corrected chi connectivity index (χ3v) is 14.4. The Morgan fingerprint density at radius 2 is 1.80 bits per heavy atom. The average Bonchev–Trinajstić information content (AvgIpc) is 1.83. The molecule has 0 aromatic carbocycles. The molecule has 0 nitrogen and oxygen atoms in total. The van der Waals surface area contributed by atoms with Crippen LogP contribution < -0.4 is 0 Å². The van der Waals surface area contributed by atoms with Crippen LogP contribution in [0.5, 0.6) is 0 Å². The van der Waals surface area contributed by atoms with E-state index in [1.54, 1.807) is 0 Å². The number of hydrogen-bond donors (Lipinski definition) is 0. The Bertz CT molecular complexity index is 95.9. The van der Waals surface area contributed by atoms with Crippen molar-refractivity contribution in [3.05, 3.63) is 0 Å². The largest absolute Gasteiger partial charge is 0.122 e. The standard InChI is InChI=1S/C8H19ISi/c1-6-7(2)10(9)8(3,4)5/h7,10H,6H2,1-5H3. The van der Waals surface area contributed by atoms with Gasteiger partial charge < -0.3 is 0 Å². The smallest absolute Gasteiger partial charge is 0.118 e. The quantitative estimate of drug-likeness (QED) is 0.407. The molecule has 0 aliphatic heterocycles. The summed E-state index contributed by atoms with van der Waals surface area (Å²) in [5, 5.41) is 0.607. The minimum atomic E-state index is -0.515. The van der Waals surface area contributed by atoms with E-state index in [4.69, 9.17) is 0 Å². The van der Waals surface area contributed by atoms with Crippen LogP contribution in [0.1, 0.15) is 41.0 Å². The summed E-state index contributed by atoms with van der Waals surface area (Å²) >= 11 is 2.71. The predicted molar refractivity (Wildman–Crippen MR) is 60.6 cm³/mol. The molecule has 0 saturated carbocycles. The van der Waals surface area contributed by atoms with Gasteiger partial charge in [-0.25, -0.2) is 0 Å². The van der Waals surface area contributed by atoms with Gasteiger partial charge in [0, 0.05) is 0 Å². The third-order valence-electron chi connectivity index (χ3n) is 1.97. The maximum Gasteiger partial charge on any atom is 0.118 e. The summed E-state index contributed by atoms with van der Waals surface area (Å²) in [7, 11) is 0. The topological polar surface area (TPSA) is 0 Å². The zero-order valence-corrected chi connectivity index (χ0v) is 11.1. The maximum atomic E-state index is 2.71. The lowest BCUT2D eigenvalue weighted by atomic mass is 10.2. The molecular weight excluding hydrogens is 251 g/mol. The first kappa shape index (κ1) is 10.9. The lowest BCUT2D eigenvalue weighted by Gasteiger charge is -2.28. The summed E-state index contributed by atoms with van der Waals surface area (Å²) in [5.74, 6) is 0. The molecular formula is C8H19ISi. The highest BCUT2D eigenvalue weighted by atomic mass is 127. The second-order valence-corrected chi connectivity index (χ2v) is 11.9. The molecule has 2 unspecified atom stereocenters. The van der Waals surface area contributed by atoms with E-state index in [9.17, 15) is 0 Å². The highest BCUT2D eigenvalue weighted by molar-refractivity contribution is 14.1. The fourth-order valence-electron chi connectivity index (χ4n) is 1.06. The summed E-state index contributed by atoms with van der Waals surface area (Å²) in [6, 6.07) is 0. The third kappa shape index (κ3) is 3.37. The predicted octanol–water partition coefficient (Wildman–Crippen LogP) is 3.75. The summed E-state index contributed by atoms with van der Waals surface area (Å²) in [5.41, 5.74) is 0.987. The van der Waals surface area contributed by atoms with E-state index in [1.807, 2.05) is 0 Å². The van der Waals surface area contributed by atoms with Gasteiger partial charge in [-0.1, -0.05) is 41.0 Å². The van der Waals surface area contributed by atoms with Crippen LogP contribution >= 0.6 is 21.8 Å². The van der Waals surface area contributed by atoms with Crippen LogP contribution in [0.25, 0.3) is 0 Å². The van der Waals surface area contributed by atoms with E-state index >= 15 is 0 Å². The minimum Gasteiger partial charge on any atom is -0.122 e. The highest BCUT2D eigenvalue weighted by Crippen LogP contribution is 2.38. The van der Waals surface area contributed by atoms with Crippen molar-refractivity contribution in [3.63, 3.8) is 0 Å². The molecule has 0 radical (unpaired) electrons. The molecule has 0 heterocycles. The monoisotopic (exact) mass is 270 g/mol. The van der Waals surface area contributed by atoms with Gasteiger partial charge in [0.2, 0.25) is 0 Å². The van der Waals surface area contributed by atoms with Crippen molar-refractivity contribution in [2.24, 2.45) is 0 Å². The van der Waals surface area contributed by atoms with Crippen molar-refractivity contribution in [2.45, 2.75) is 51.6 Å². The first-order valence-electron chi connectivity index (χ1n) is 4.03. The van der Waals surface area contributed by atoms with E-state index in [0.29, 0.717) is 5.04 Å². The highest BCUT2D eigenvalue weighted by Gasteiger charge is 2.27. The van der Waals surface area contributed by atoms with Crippen molar-refractivity contribution >= 4 is 28.1 Å². The molecule has 2 heteroatoms. The maximum absolute atomic E-state index is 2.71. The average molecular weight is 270 g/mol. The molecule has 0 bridgehead atoms. The second kappa shape index (κ2) is 4.09. The van der Waals surface area contributed by atoms with Gasteiger partial charge in [0.25, 0.3) is 0 Å². The van der Waals surface area contributed by atoms with Crippen LogP contribution in [0.15, 0.2) is 0 Å². The van der Waals surface area contributed by atoms with Crippen molar-refractivity contribution in [3.8, 4) is 0 Å². The Morgan fingerprint density at radius 1 is 1.40 bits per heavy atom. The summed E-state index contributed by atoms with van der Waals surface area (Å²) in [6.45, 7) is 11.8. The number of rotatable bonds is 2. The molecule has 0 aliphatic carbocycles. The Morgan fingerprint density at radius 3 is 1.90 bits per heavy atom. The van der Waals surface area contributed by atoms with Crippen LogP contribution in [-0.2, 0) is 0 Å². The normalized spacial score (nSPS) is 18.6. The van der Waals surface area contributed by atoms with Gasteiger partial charge in [0.05, 0.1) is 0 Å². The fraction of sp³-hybridized carbons (Fsp3) is 1.00. The Labute approximate surface area is 79.6 Å². The second-order valence-electron chi connectivity index (χ2n) is 4.15. The SMILES string of the molecule is CCC(C)[SiH](I)C(C)(C)C. The molecule has 2 atom stereocenters. The lowest BCUT2D eigenvalue weighted by molar-refractivity contribution is 0.716. The van der Waals surface area contributed by atoms with Crippen LogP contribution in [0, 0.1) is 0 Å². The van der Waals surface area contributed by atoms with Gasteiger partial charge in [-0.2, -0.15) is 0 Å². The van der Waals surface area contributed by atoms with E-state index in [2.05, 4.69) is 56.4 Å². The van der Waals surface area contributed by atoms with Gasteiger partial charge in [0.1, 0.15) is 6.29 Å². The molecule has 0 fully saturated rings. The summed E-state index contributed by atoms with van der Waals surface area (Å²) < 4.78 is 0. The van der Waals surface area contributed by atoms with Crippen molar-refractivity contribution < 1.29 is 0 Å². The Balaban J connectivity index is 3.94. The summed E-state index contributed by atoms with van der Waals surface area (Å²) in [4.78, 5) is 0. The minimum absolute atomic E-state index is 0.515. The molecule has 62 valence electrons. The zero-order valence-electron chi connectivity index (χ0n) is 7.74. The van der Waals surface area contributed by atoms with Crippen LogP contribution in [0.4, 0.5) is 0 Å². The molecule has 0 saturated heterocycles. The van der Waals surface area contributed by atoms with Crippen LogP contribution in [0.3, 0.4) is 0 Å². The first-order valence-corrected chi connectivity index (χ1v) is 9.45. The van der Waals surface area contributed by atoms with E-state index in [0.717, 1.165) is 5.54 Å². The molecule has 0 spiro atoms. The van der Waals surface area contributed by atoms with Gasteiger partial charge in [-0.3, -0.25) is 0 Å². The number of hydrogen-bond acceptors (Lipinski definition) is 0. The van der Waals surface area contributed by atoms with E-state index in [-0.39, 0.29) is 0 Å². The Kier molecular flexibility index (Phi) is 4.48. The van der Waals surface area contributed by atoms with Crippen molar-refractivity contribution in [1.29, 1.82) is 0 Å². The summed E-state index contributed by atoms with van der Waals surface area (Å²) in [6.07, 6.45) is 0.844. The lowest BCUT2D eigenvalue weighted by Crippen LogP contribution is -2.22. The molecule has 0 aromatic heterocycles. The van der Waals surface area contributed by atoms with E-state index in [1.165, 1.54) is 6.42 Å². The van der Waals surface area contributed by atoms with Gasteiger partial charge >= 0.3 is 0 Å². The fourth-order valence-corrected chi connectivity index (χ4v) is 4.71. The molecule has 0 aromatic rings. The van der Waals surface area contributed by atoms with Gasteiger partial charge in [-0.05, 0) is 10.6 Å². The zero-order chi connectivity index (χ0) is 8.36. The van der Waals surface area contributed by atoms with E-state index < -0.39 is 6.29 Å². The molecule has 0 aliphatic rings. The molecule has 0 amide bonds. The van der Waals surface area contributed by atoms with Crippen LogP contribution in [-0.4, -0.2) is 6.29 Å². The van der Waals surface area contributed by atoms with Crippen molar-refractivity contribution in [2.75, 3.05) is 0 Å². The molecule has 10 heavy (non-hydrogen) atoms. The molecule has 0 N–H and O–H groups in total. The molecule has 0 rings (SSSR count). The Hall–Kier alpha value is 0.947. The van der Waals surface area contributed by atoms with Gasteiger partial charge in [0.15, 0.2) is 0 Å².